The average Bonchev–Trinajstić information content (AvgIpc) is 3.24. The lowest BCUT2D eigenvalue weighted by Crippen LogP contribution is -2.40. The second kappa shape index (κ2) is 13.8. The molecule has 1 aliphatic rings. The SMILES string of the molecule is CC.CC(C)(C)NS(=O)(=O)c1cc(N)ccc1-c1cnc(C2CCCCC2)s1.CC(C)OC(N)=O. The van der Waals surface area contributed by atoms with E-state index in [-0.39, 0.29) is 11.0 Å². The summed E-state index contributed by atoms with van der Waals surface area (Å²) in [6.45, 7) is 13.0. The van der Waals surface area contributed by atoms with Crippen LogP contribution in [0.5, 0.6) is 0 Å². The molecule has 0 spiro atoms. The van der Waals surface area contributed by atoms with Gasteiger partial charge in [-0.15, -0.1) is 11.3 Å². The minimum atomic E-state index is -3.69. The molecule has 0 aliphatic heterocycles. The van der Waals surface area contributed by atoms with Crippen molar-refractivity contribution in [1.82, 2.24) is 9.71 Å². The van der Waals surface area contributed by atoms with E-state index in [9.17, 15) is 13.2 Å². The number of nitrogens with two attached hydrogens (primary N) is 2. The topological polar surface area (TPSA) is 137 Å². The summed E-state index contributed by atoms with van der Waals surface area (Å²) < 4.78 is 32.9. The van der Waals surface area contributed by atoms with Crippen LogP contribution >= 0.6 is 11.3 Å². The summed E-state index contributed by atoms with van der Waals surface area (Å²) in [6, 6.07) is 5.06. The van der Waals surface area contributed by atoms with Gasteiger partial charge in [0, 0.05) is 28.9 Å². The fraction of sp³-hybridized carbons (Fsp3) is 0.600. The highest BCUT2D eigenvalue weighted by molar-refractivity contribution is 7.89. The molecule has 35 heavy (non-hydrogen) atoms. The maximum Gasteiger partial charge on any atom is 0.404 e. The van der Waals surface area contributed by atoms with Crippen LogP contribution < -0.4 is 16.2 Å². The number of benzene rings is 1. The van der Waals surface area contributed by atoms with Crippen LogP contribution in [0.25, 0.3) is 10.4 Å². The largest absolute Gasteiger partial charge is 0.447 e. The minimum absolute atomic E-state index is 0.0995. The Balaban J connectivity index is 0.000000587. The van der Waals surface area contributed by atoms with Crippen LogP contribution in [0, 0.1) is 0 Å². The number of hydrogen-bond donors (Lipinski definition) is 3. The van der Waals surface area contributed by atoms with Gasteiger partial charge >= 0.3 is 6.09 Å². The molecule has 0 radical (unpaired) electrons. The maximum absolute atomic E-state index is 12.9. The molecule has 0 unspecified atom stereocenters. The van der Waals surface area contributed by atoms with E-state index >= 15 is 0 Å². The Labute approximate surface area is 214 Å². The summed E-state index contributed by atoms with van der Waals surface area (Å²) in [6.07, 6.45) is 7.13. The molecule has 0 atom stereocenters. The molecule has 198 valence electrons. The highest BCUT2D eigenvalue weighted by Crippen LogP contribution is 2.39. The molecule has 1 fully saturated rings. The highest BCUT2D eigenvalue weighted by Gasteiger charge is 2.27. The summed E-state index contributed by atoms with van der Waals surface area (Å²) in [4.78, 5) is 15.5. The molecule has 1 aromatic carbocycles. The van der Waals surface area contributed by atoms with E-state index in [0.717, 1.165) is 9.88 Å². The van der Waals surface area contributed by atoms with Gasteiger partial charge in [0.15, 0.2) is 0 Å². The molecule has 3 rings (SSSR count). The number of aromatic nitrogens is 1. The third-order valence-corrected chi connectivity index (χ3v) is 7.82. The molecule has 1 heterocycles. The maximum atomic E-state index is 12.9. The number of ether oxygens (including phenoxy) is 1. The molecule has 1 saturated carbocycles. The predicted octanol–water partition coefficient (Wildman–Crippen LogP) is 6.03. The van der Waals surface area contributed by atoms with Crippen molar-refractivity contribution in [3.05, 3.63) is 29.4 Å². The number of carbonyl (C=O) groups is 1. The molecule has 10 heteroatoms. The molecular weight excluding hydrogens is 484 g/mol. The van der Waals surface area contributed by atoms with Gasteiger partial charge in [0.05, 0.1) is 20.9 Å². The van der Waals surface area contributed by atoms with Crippen LogP contribution in [0.15, 0.2) is 29.3 Å². The quantitative estimate of drug-likeness (QED) is 0.407. The van der Waals surface area contributed by atoms with Crippen LogP contribution in [-0.4, -0.2) is 31.1 Å². The number of sulfonamides is 1. The van der Waals surface area contributed by atoms with Crippen LogP contribution in [0.4, 0.5) is 10.5 Å². The van der Waals surface area contributed by atoms with Gasteiger partial charge in [0.1, 0.15) is 0 Å². The van der Waals surface area contributed by atoms with Gasteiger partial charge in [-0.05, 0) is 59.6 Å². The minimum Gasteiger partial charge on any atom is -0.447 e. The summed E-state index contributed by atoms with van der Waals surface area (Å²) >= 11 is 1.60. The van der Waals surface area contributed by atoms with Gasteiger partial charge in [0.2, 0.25) is 10.0 Å². The number of nitrogens with zero attached hydrogens (tertiary/aromatic N) is 1. The highest BCUT2D eigenvalue weighted by atomic mass is 32.2. The van der Waals surface area contributed by atoms with Crippen LogP contribution in [-0.2, 0) is 14.8 Å². The van der Waals surface area contributed by atoms with Gasteiger partial charge < -0.3 is 16.2 Å². The van der Waals surface area contributed by atoms with E-state index in [4.69, 9.17) is 5.73 Å². The van der Waals surface area contributed by atoms with Gasteiger partial charge in [-0.25, -0.2) is 22.9 Å². The lowest BCUT2D eigenvalue weighted by molar-refractivity contribution is 0.125. The smallest absolute Gasteiger partial charge is 0.404 e. The number of nitrogen functional groups attached to an aromatic ring is 1. The molecule has 2 aromatic rings. The Morgan fingerprint density at radius 3 is 2.26 bits per heavy atom. The monoisotopic (exact) mass is 526 g/mol. The lowest BCUT2D eigenvalue weighted by atomic mass is 9.90. The zero-order valence-electron chi connectivity index (χ0n) is 22.1. The number of hydrogen-bond acceptors (Lipinski definition) is 7. The summed E-state index contributed by atoms with van der Waals surface area (Å²) in [5.74, 6) is 0.504. The molecule has 8 nitrogen and oxygen atoms in total. The van der Waals surface area contributed by atoms with Gasteiger partial charge in [0.25, 0.3) is 0 Å². The van der Waals surface area contributed by atoms with Gasteiger partial charge in [-0.1, -0.05) is 39.2 Å². The van der Waals surface area contributed by atoms with E-state index in [2.05, 4.69) is 20.2 Å². The number of carbonyl (C=O) groups excluding carboxylic acids is 1. The average molecular weight is 527 g/mol. The number of anilines is 1. The number of rotatable bonds is 5. The van der Waals surface area contributed by atoms with Crippen molar-refractivity contribution in [3.8, 4) is 10.4 Å². The third-order valence-electron chi connectivity index (χ3n) is 4.83. The van der Waals surface area contributed by atoms with E-state index in [1.807, 2.05) is 34.6 Å². The first-order chi connectivity index (χ1) is 16.3. The number of thiazole rings is 1. The van der Waals surface area contributed by atoms with Crippen molar-refractivity contribution in [3.63, 3.8) is 0 Å². The first-order valence-electron chi connectivity index (χ1n) is 12.1. The second-order valence-electron chi connectivity index (χ2n) is 9.49. The number of amides is 1. The predicted molar refractivity (Wildman–Crippen MR) is 145 cm³/mol. The Hall–Kier alpha value is -2.17. The van der Waals surface area contributed by atoms with Crippen molar-refractivity contribution >= 4 is 33.1 Å². The van der Waals surface area contributed by atoms with Crippen molar-refractivity contribution in [2.45, 2.75) is 103 Å². The van der Waals surface area contributed by atoms with Crippen molar-refractivity contribution in [1.29, 1.82) is 0 Å². The fourth-order valence-electron chi connectivity index (χ4n) is 3.61. The third kappa shape index (κ3) is 10.5. The van der Waals surface area contributed by atoms with Crippen molar-refractivity contribution in [2.24, 2.45) is 5.73 Å². The van der Waals surface area contributed by atoms with Crippen LogP contribution in [0.1, 0.15) is 91.5 Å². The molecule has 1 amide bonds. The van der Waals surface area contributed by atoms with E-state index in [0.29, 0.717) is 17.2 Å². The standard InChI is InChI=1S/C19H27N3O2S2.C4H9NO2.C2H6/c1-19(2,3)22-26(23,24)17-11-14(20)9-10-15(17)16-12-21-18(25-16)13-7-5-4-6-8-13;1-3(2)7-4(5)6;1-2/h9-13,22H,4-8,20H2,1-3H3;3H,1-2H3,(H2,5,6);1-2H3. The van der Waals surface area contributed by atoms with Crippen LogP contribution in [0.2, 0.25) is 0 Å². The van der Waals surface area contributed by atoms with E-state index < -0.39 is 21.7 Å². The van der Waals surface area contributed by atoms with Gasteiger partial charge in [-0.2, -0.15) is 0 Å². The first kappa shape index (κ1) is 30.9. The summed E-state index contributed by atoms with van der Waals surface area (Å²) in [5, 5.41) is 1.11. The normalized spacial score (nSPS) is 14.4. The molecule has 1 aliphatic carbocycles. The van der Waals surface area contributed by atoms with Crippen molar-refractivity contribution in [2.75, 3.05) is 5.73 Å². The van der Waals surface area contributed by atoms with E-state index in [1.54, 1.807) is 43.5 Å². The van der Waals surface area contributed by atoms with Crippen molar-refractivity contribution < 1.29 is 17.9 Å². The Morgan fingerprint density at radius 2 is 1.77 bits per heavy atom. The molecule has 5 N–H and O–H groups in total. The fourth-order valence-corrected chi connectivity index (χ4v) is 6.47. The Kier molecular flexibility index (Phi) is 12.2. The second-order valence-corrected chi connectivity index (χ2v) is 12.2. The van der Waals surface area contributed by atoms with Crippen LogP contribution in [0.3, 0.4) is 0 Å². The summed E-state index contributed by atoms with van der Waals surface area (Å²) in [5.41, 5.74) is 11.0. The molecule has 0 saturated heterocycles. The Morgan fingerprint density at radius 1 is 1.17 bits per heavy atom. The first-order valence-corrected chi connectivity index (χ1v) is 14.4. The number of primary amides is 1. The van der Waals surface area contributed by atoms with E-state index in [1.165, 1.54) is 38.2 Å². The zero-order valence-corrected chi connectivity index (χ0v) is 23.7. The summed E-state index contributed by atoms with van der Waals surface area (Å²) in [7, 11) is -3.69. The number of nitrogens with one attached hydrogen (secondary N) is 1. The zero-order chi connectivity index (χ0) is 26.8. The molecular formula is C25H42N4O4S2. The lowest BCUT2D eigenvalue weighted by Gasteiger charge is -2.21. The Bertz CT molecular complexity index is 1040. The van der Waals surface area contributed by atoms with Gasteiger partial charge in [-0.3, -0.25) is 0 Å². The molecule has 1 aromatic heterocycles. The molecule has 0 bridgehead atoms.